The molecule has 1 rings (SSSR count). The molecule has 0 heterocycles. The summed E-state index contributed by atoms with van der Waals surface area (Å²) >= 11 is 5.76. The first-order valence-corrected chi connectivity index (χ1v) is 6.81. The summed E-state index contributed by atoms with van der Waals surface area (Å²) in [6, 6.07) is 6.72. The second-order valence-electron chi connectivity index (χ2n) is 5.87. The highest BCUT2D eigenvalue weighted by molar-refractivity contribution is 6.30. The molecule has 0 fully saturated rings. The lowest BCUT2D eigenvalue weighted by Crippen LogP contribution is -2.31. The average molecular weight is 298 g/mol. The van der Waals surface area contributed by atoms with Gasteiger partial charge in [0.2, 0.25) is 0 Å². The zero-order chi connectivity index (χ0) is 15.3. The lowest BCUT2D eigenvalue weighted by atomic mass is 9.92. The number of carbonyl (C=O) groups is 2. The van der Waals surface area contributed by atoms with Gasteiger partial charge in [0.1, 0.15) is 0 Å². The van der Waals surface area contributed by atoms with Crippen molar-refractivity contribution in [3.63, 3.8) is 0 Å². The van der Waals surface area contributed by atoms with E-state index < -0.39 is 6.10 Å². The van der Waals surface area contributed by atoms with Gasteiger partial charge in [-0.1, -0.05) is 32.4 Å². The molecule has 0 aliphatic rings. The van der Waals surface area contributed by atoms with Crippen molar-refractivity contribution in [2.45, 2.75) is 40.2 Å². The standard InChI is InChI=1S/C15H20ClNO3/c1-10(20-13(18)9-15(2,3)4)14(19)17-12-7-5-11(16)6-8-12/h5-8,10H,9H2,1-4H3,(H,17,19)/t10-/m0/s1. The minimum absolute atomic E-state index is 0.163. The van der Waals surface area contributed by atoms with Gasteiger partial charge < -0.3 is 10.1 Å². The van der Waals surface area contributed by atoms with Crippen molar-refractivity contribution in [2.75, 3.05) is 5.32 Å². The lowest BCUT2D eigenvalue weighted by molar-refractivity contribution is -0.154. The molecule has 1 amide bonds. The maximum absolute atomic E-state index is 11.9. The van der Waals surface area contributed by atoms with Gasteiger partial charge in [-0.3, -0.25) is 9.59 Å². The molecule has 1 N–H and O–H groups in total. The fourth-order valence-electron chi connectivity index (χ4n) is 1.50. The second kappa shape index (κ2) is 6.75. The fourth-order valence-corrected chi connectivity index (χ4v) is 1.63. The number of benzene rings is 1. The SMILES string of the molecule is C[C@H](OC(=O)CC(C)(C)C)C(=O)Nc1ccc(Cl)cc1. The van der Waals surface area contributed by atoms with Gasteiger partial charge in [-0.15, -0.1) is 0 Å². The number of ether oxygens (including phenoxy) is 1. The molecule has 0 bridgehead atoms. The molecule has 0 spiro atoms. The minimum atomic E-state index is -0.833. The Bertz CT molecular complexity index is 477. The lowest BCUT2D eigenvalue weighted by Gasteiger charge is -2.19. The van der Waals surface area contributed by atoms with Crippen molar-refractivity contribution >= 4 is 29.2 Å². The van der Waals surface area contributed by atoms with Crippen LogP contribution in [-0.2, 0) is 14.3 Å². The minimum Gasteiger partial charge on any atom is -0.453 e. The van der Waals surface area contributed by atoms with Crippen LogP contribution in [0.1, 0.15) is 34.1 Å². The molecule has 20 heavy (non-hydrogen) atoms. The molecule has 0 aliphatic heterocycles. The van der Waals surface area contributed by atoms with Crippen LogP contribution >= 0.6 is 11.6 Å². The summed E-state index contributed by atoms with van der Waals surface area (Å²) in [5, 5.41) is 3.25. The van der Waals surface area contributed by atoms with Gasteiger partial charge >= 0.3 is 5.97 Å². The number of nitrogens with one attached hydrogen (secondary N) is 1. The summed E-state index contributed by atoms with van der Waals surface area (Å²) < 4.78 is 5.11. The van der Waals surface area contributed by atoms with Crippen LogP contribution in [0.3, 0.4) is 0 Å². The number of hydrogen-bond acceptors (Lipinski definition) is 3. The van der Waals surface area contributed by atoms with Gasteiger partial charge in [0, 0.05) is 10.7 Å². The zero-order valence-corrected chi connectivity index (χ0v) is 13.0. The molecule has 1 atom stereocenters. The molecule has 0 radical (unpaired) electrons. The predicted octanol–water partition coefficient (Wildman–Crippen LogP) is 3.65. The van der Waals surface area contributed by atoms with Crippen molar-refractivity contribution in [3.05, 3.63) is 29.3 Å². The Balaban J connectivity index is 2.51. The van der Waals surface area contributed by atoms with E-state index in [0.29, 0.717) is 10.7 Å². The summed E-state index contributed by atoms with van der Waals surface area (Å²) in [6.45, 7) is 7.36. The highest BCUT2D eigenvalue weighted by atomic mass is 35.5. The summed E-state index contributed by atoms with van der Waals surface area (Å²) in [4.78, 5) is 23.5. The number of esters is 1. The first-order chi connectivity index (χ1) is 9.17. The molecular formula is C15H20ClNO3. The molecule has 0 aromatic heterocycles. The van der Waals surface area contributed by atoms with Gasteiger partial charge in [-0.2, -0.15) is 0 Å². The van der Waals surface area contributed by atoms with Crippen LogP contribution in [0.5, 0.6) is 0 Å². The molecule has 0 aliphatic carbocycles. The molecule has 0 saturated heterocycles. The van der Waals surface area contributed by atoms with Crippen molar-refractivity contribution in [2.24, 2.45) is 5.41 Å². The van der Waals surface area contributed by atoms with E-state index in [4.69, 9.17) is 16.3 Å². The molecular weight excluding hydrogens is 278 g/mol. The Kier molecular flexibility index (Phi) is 5.57. The average Bonchev–Trinajstić information content (AvgIpc) is 2.29. The molecule has 5 heteroatoms. The van der Waals surface area contributed by atoms with Crippen LogP contribution in [0.4, 0.5) is 5.69 Å². The normalized spacial score (nSPS) is 12.7. The third-order valence-corrected chi connectivity index (χ3v) is 2.72. The number of halogens is 1. The molecule has 4 nitrogen and oxygen atoms in total. The van der Waals surface area contributed by atoms with Crippen LogP contribution in [0.15, 0.2) is 24.3 Å². The van der Waals surface area contributed by atoms with Gasteiger partial charge in [0.15, 0.2) is 6.10 Å². The number of amides is 1. The molecule has 1 aromatic rings. The van der Waals surface area contributed by atoms with E-state index in [1.165, 1.54) is 0 Å². The van der Waals surface area contributed by atoms with Crippen LogP contribution in [-0.4, -0.2) is 18.0 Å². The van der Waals surface area contributed by atoms with Gasteiger partial charge in [-0.25, -0.2) is 0 Å². The predicted molar refractivity (Wildman–Crippen MR) is 79.7 cm³/mol. The first-order valence-electron chi connectivity index (χ1n) is 6.43. The van der Waals surface area contributed by atoms with E-state index in [0.717, 1.165) is 0 Å². The number of rotatable bonds is 4. The Hall–Kier alpha value is -1.55. The zero-order valence-electron chi connectivity index (χ0n) is 12.2. The van der Waals surface area contributed by atoms with Crippen LogP contribution in [0.2, 0.25) is 5.02 Å². The van der Waals surface area contributed by atoms with Crippen LogP contribution in [0, 0.1) is 5.41 Å². The highest BCUT2D eigenvalue weighted by Crippen LogP contribution is 2.19. The summed E-state index contributed by atoms with van der Waals surface area (Å²) in [7, 11) is 0. The van der Waals surface area contributed by atoms with E-state index in [1.807, 2.05) is 20.8 Å². The number of carbonyl (C=O) groups excluding carboxylic acids is 2. The third-order valence-electron chi connectivity index (χ3n) is 2.46. The van der Waals surface area contributed by atoms with E-state index in [-0.39, 0.29) is 23.7 Å². The Labute approximate surface area is 124 Å². The first kappa shape index (κ1) is 16.5. The second-order valence-corrected chi connectivity index (χ2v) is 6.30. The van der Waals surface area contributed by atoms with Crippen LogP contribution in [0.25, 0.3) is 0 Å². The van der Waals surface area contributed by atoms with E-state index >= 15 is 0 Å². The fraction of sp³-hybridized carbons (Fsp3) is 0.467. The largest absolute Gasteiger partial charge is 0.453 e. The number of anilines is 1. The van der Waals surface area contributed by atoms with Gasteiger partial charge in [0.25, 0.3) is 5.91 Å². The van der Waals surface area contributed by atoms with Crippen molar-refractivity contribution in [3.8, 4) is 0 Å². The van der Waals surface area contributed by atoms with Crippen molar-refractivity contribution in [1.82, 2.24) is 0 Å². The van der Waals surface area contributed by atoms with Crippen molar-refractivity contribution < 1.29 is 14.3 Å². The molecule has 1 aromatic carbocycles. The number of hydrogen-bond donors (Lipinski definition) is 1. The van der Waals surface area contributed by atoms with Gasteiger partial charge in [-0.05, 0) is 36.6 Å². The quantitative estimate of drug-likeness (QED) is 0.863. The Morgan fingerprint density at radius 2 is 1.80 bits per heavy atom. The monoisotopic (exact) mass is 297 g/mol. The Morgan fingerprint density at radius 3 is 2.30 bits per heavy atom. The van der Waals surface area contributed by atoms with Crippen LogP contribution < -0.4 is 5.32 Å². The van der Waals surface area contributed by atoms with E-state index in [2.05, 4.69) is 5.32 Å². The summed E-state index contributed by atoms with van der Waals surface area (Å²) in [6.07, 6.45) is -0.563. The summed E-state index contributed by atoms with van der Waals surface area (Å²) in [5.74, 6) is -0.745. The summed E-state index contributed by atoms with van der Waals surface area (Å²) in [5.41, 5.74) is 0.446. The molecule has 110 valence electrons. The van der Waals surface area contributed by atoms with E-state index in [9.17, 15) is 9.59 Å². The smallest absolute Gasteiger partial charge is 0.307 e. The highest BCUT2D eigenvalue weighted by Gasteiger charge is 2.22. The third kappa shape index (κ3) is 6.06. The maximum atomic E-state index is 11.9. The Morgan fingerprint density at radius 1 is 1.25 bits per heavy atom. The molecule has 0 unspecified atom stereocenters. The maximum Gasteiger partial charge on any atom is 0.307 e. The van der Waals surface area contributed by atoms with E-state index in [1.54, 1.807) is 31.2 Å². The molecule has 0 saturated carbocycles. The van der Waals surface area contributed by atoms with Gasteiger partial charge in [0.05, 0.1) is 6.42 Å². The topological polar surface area (TPSA) is 55.4 Å². The van der Waals surface area contributed by atoms with Crippen molar-refractivity contribution in [1.29, 1.82) is 0 Å².